The van der Waals surface area contributed by atoms with E-state index < -0.39 is 0 Å². The van der Waals surface area contributed by atoms with E-state index in [-0.39, 0.29) is 37.1 Å². The normalized spacial score (nSPS) is 9.86. The Morgan fingerprint density at radius 2 is 1.81 bits per heavy atom. The van der Waals surface area contributed by atoms with Gasteiger partial charge in [0.2, 0.25) is 11.8 Å². The van der Waals surface area contributed by atoms with Crippen molar-refractivity contribution in [2.24, 2.45) is 5.92 Å². The van der Waals surface area contributed by atoms with Gasteiger partial charge >= 0.3 is 0 Å². The second-order valence-corrected chi connectivity index (χ2v) is 5.13. The number of aromatic nitrogens is 1. The van der Waals surface area contributed by atoms with Gasteiger partial charge in [0, 0.05) is 25.6 Å². The summed E-state index contributed by atoms with van der Waals surface area (Å²) < 4.78 is 0. The smallest absolute Gasteiger partial charge is 0.220 e. The summed E-state index contributed by atoms with van der Waals surface area (Å²) in [5, 5.41) is 5.56. The number of amides is 2. The maximum absolute atomic E-state index is 11.6. The first-order valence-electron chi connectivity index (χ1n) is 7.01. The lowest BCUT2D eigenvalue weighted by molar-refractivity contribution is -0.126. The van der Waals surface area contributed by atoms with Crippen LogP contribution in [0.4, 0.5) is 0 Å². The fourth-order valence-corrected chi connectivity index (χ4v) is 1.60. The van der Waals surface area contributed by atoms with Crippen molar-refractivity contribution in [2.45, 2.75) is 39.7 Å². The van der Waals surface area contributed by atoms with Crippen molar-refractivity contribution in [3.05, 3.63) is 30.1 Å². The first-order valence-corrected chi connectivity index (χ1v) is 7.01. The SMILES string of the molecule is CC(C)CCNC(=O)CCC(=O)NCc1ccccn1.Cl. The van der Waals surface area contributed by atoms with Gasteiger partial charge in [0.15, 0.2) is 0 Å². The summed E-state index contributed by atoms with van der Waals surface area (Å²) >= 11 is 0. The Balaban J connectivity index is 0.00000400. The highest BCUT2D eigenvalue weighted by Gasteiger charge is 2.06. The van der Waals surface area contributed by atoms with Crippen molar-refractivity contribution in [1.82, 2.24) is 15.6 Å². The minimum Gasteiger partial charge on any atom is -0.356 e. The third-order valence-corrected chi connectivity index (χ3v) is 2.82. The van der Waals surface area contributed by atoms with Crippen LogP contribution >= 0.6 is 12.4 Å². The maximum atomic E-state index is 11.6. The molecule has 118 valence electrons. The predicted octanol–water partition coefficient (Wildman–Crippen LogP) is 2.06. The summed E-state index contributed by atoms with van der Waals surface area (Å²) in [4.78, 5) is 27.2. The average Bonchev–Trinajstić information content (AvgIpc) is 2.43. The first kappa shape index (κ1) is 19.4. The van der Waals surface area contributed by atoms with Gasteiger partial charge in [-0.05, 0) is 24.5 Å². The van der Waals surface area contributed by atoms with Crippen LogP contribution in [0.15, 0.2) is 24.4 Å². The van der Waals surface area contributed by atoms with Crippen LogP contribution < -0.4 is 10.6 Å². The molecule has 0 radical (unpaired) electrons. The summed E-state index contributed by atoms with van der Waals surface area (Å²) in [7, 11) is 0. The zero-order valence-corrected chi connectivity index (χ0v) is 13.4. The van der Waals surface area contributed by atoms with E-state index in [0.29, 0.717) is 19.0 Å². The molecule has 1 aromatic rings. The Labute approximate surface area is 132 Å². The van der Waals surface area contributed by atoms with Crippen LogP contribution in [0.25, 0.3) is 0 Å². The molecule has 5 nitrogen and oxygen atoms in total. The lowest BCUT2D eigenvalue weighted by atomic mass is 10.1. The standard InChI is InChI=1S/C15H23N3O2.ClH/c1-12(2)8-10-17-14(19)6-7-15(20)18-11-13-5-3-4-9-16-13;/h3-5,9,12H,6-8,10-11H2,1-2H3,(H,17,19)(H,18,20);1H. The Morgan fingerprint density at radius 3 is 2.38 bits per heavy atom. The van der Waals surface area contributed by atoms with E-state index in [0.717, 1.165) is 12.1 Å². The van der Waals surface area contributed by atoms with E-state index in [1.807, 2.05) is 18.2 Å². The minimum absolute atomic E-state index is 0. The number of carbonyl (C=O) groups excluding carboxylic acids is 2. The van der Waals surface area contributed by atoms with E-state index in [4.69, 9.17) is 0 Å². The molecule has 2 N–H and O–H groups in total. The van der Waals surface area contributed by atoms with Crippen LogP contribution in [-0.4, -0.2) is 23.3 Å². The molecule has 0 aliphatic heterocycles. The highest BCUT2D eigenvalue weighted by Crippen LogP contribution is 1.97. The van der Waals surface area contributed by atoms with Gasteiger partial charge in [-0.3, -0.25) is 14.6 Å². The second-order valence-electron chi connectivity index (χ2n) is 5.13. The van der Waals surface area contributed by atoms with Gasteiger partial charge in [-0.25, -0.2) is 0 Å². The summed E-state index contributed by atoms with van der Waals surface area (Å²) in [6.45, 7) is 5.29. The molecule has 0 spiro atoms. The number of rotatable bonds is 8. The maximum Gasteiger partial charge on any atom is 0.220 e. The Morgan fingerprint density at radius 1 is 1.14 bits per heavy atom. The van der Waals surface area contributed by atoms with Crippen molar-refractivity contribution in [3.8, 4) is 0 Å². The topological polar surface area (TPSA) is 71.1 Å². The second kappa shape index (κ2) is 11.1. The monoisotopic (exact) mass is 313 g/mol. The zero-order valence-electron chi connectivity index (χ0n) is 12.6. The molecule has 0 aliphatic carbocycles. The van der Waals surface area contributed by atoms with E-state index in [2.05, 4.69) is 29.5 Å². The van der Waals surface area contributed by atoms with E-state index in [1.165, 1.54) is 0 Å². The number of halogens is 1. The van der Waals surface area contributed by atoms with Crippen molar-refractivity contribution in [3.63, 3.8) is 0 Å². The van der Waals surface area contributed by atoms with Crippen molar-refractivity contribution < 1.29 is 9.59 Å². The average molecular weight is 314 g/mol. The van der Waals surface area contributed by atoms with Gasteiger partial charge in [-0.2, -0.15) is 0 Å². The summed E-state index contributed by atoms with van der Waals surface area (Å²) in [6, 6.07) is 5.54. The van der Waals surface area contributed by atoms with Crippen molar-refractivity contribution in [2.75, 3.05) is 6.54 Å². The molecule has 21 heavy (non-hydrogen) atoms. The van der Waals surface area contributed by atoms with E-state index in [9.17, 15) is 9.59 Å². The van der Waals surface area contributed by atoms with Gasteiger partial charge in [0.25, 0.3) is 0 Å². The van der Waals surface area contributed by atoms with Gasteiger partial charge in [-0.1, -0.05) is 19.9 Å². The molecule has 6 heteroatoms. The van der Waals surface area contributed by atoms with Crippen LogP contribution in [0.3, 0.4) is 0 Å². The number of pyridine rings is 1. The third-order valence-electron chi connectivity index (χ3n) is 2.82. The van der Waals surface area contributed by atoms with Gasteiger partial charge in [0.05, 0.1) is 12.2 Å². The van der Waals surface area contributed by atoms with Crippen LogP contribution in [0.5, 0.6) is 0 Å². The Bertz CT molecular complexity index is 424. The van der Waals surface area contributed by atoms with Crippen molar-refractivity contribution in [1.29, 1.82) is 0 Å². The molecule has 0 bridgehead atoms. The zero-order chi connectivity index (χ0) is 14.8. The molecular formula is C15H24ClN3O2. The van der Waals surface area contributed by atoms with Crippen molar-refractivity contribution >= 4 is 24.2 Å². The molecule has 0 aliphatic rings. The summed E-state index contributed by atoms with van der Waals surface area (Å²) in [5.41, 5.74) is 0.808. The summed E-state index contributed by atoms with van der Waals surface area (Å²) in [6.07, 6.45) is 3.08. The quantitative estimate of drug-likeness (QED) is 0.771. The first-order chi connectivity index (χ1) is 9.58. The third kappa shape index (κ3) is 9.85. The molecule has 0 atom stereocenters. The molecule has 1 aromatic heterocycles. The Hall–Kier alpha value is -1.62. The lowest BCUT2D eigenvalue weighted by Gasteiger charge is -2.07. The highest BCUT2D eigenvalue weighted by molar-refractivity contribution is 5.85. The number of hydrogen-bond acceptors (Lipinski definition) is 3. The molecule has 0 unspecified atom stereocenters. The van der Waals surface area contributed by atoms with Crippen LogP contribution in [0.2, 0.25) is 0 Å². The number of carbonyl (C=O) groups is 2. The molecular weight excluding hydrogens is 290 g/mol. The molecule has 2 amide bonds. The van der Waals surface area contributed by atoms with Gasteiger partial charge in [-0.15, -0.1) is 12.4 Å². The van der Waals surface area contributed by atoms with Gasteiger partial charge < -0.3 is 10.6 Å². The molecule has 0 saturated heterocycles. The van der Waals surface area contributed by atoms with E-state index in [1.54, 1.807) is 6.20 Å². The number of hydrogen-bond donors (Lipinski definition) is 2. The molecule has 0 fully saturated rings. The van der Waals surface area contributed by atoms with E-state index >= 15 is 0 Å². The van der Waals surface area contributed by atoms with Crippen LogP contribution in [-0.2, 0) is 16.1 Å². The predicted molar refractivity (Wildman–Crippen MR) is 85.0 cm³/mol. The van der Waals surface area contributed by atoms with Crippen LogP contribution in [0.1, 0.15) is 38.8 Å². The largest absolute Gasteiger partial charge is 0.356 e. The Kier molecular flexibility index (Phi) is 10.2. The van der Waals surface area contributed by atoms with Crippen LogP contribution in [0, 0.1) is 5.92 Å². The number of nitrogens with one attached hydrogen (secondary N) is 2. The molecule has 0 aromatic carbocycles. The minimum atomic E-state index is -0.130. The fourth-order valence-electron chi connectivity index (χ4n) is 1.60. The molecule has 1 rings (SSSR count). The number of nitrogens with zero attached hydrogens (tertiary/aromatic N) is 1. The lowest BCUT2D eigenvalue weighted by Crippen LogP contribution is -2.28. The fraction of sp³-hybridized carbons (Fsp3) is 0.533. The molecule has 0 saturated carbocycles. The van der Waals surface area contributed by atoms with Gasteiger partial charge in [0.1, 0.15) is 0 Å². The highest BCUT2D eigenvalue weighted by atomic mass is 35.5. The molecule has 1 heterocycles. The summed E-state index contributed by atoms with van der Waals surface area (Å²) in [5.74, 6) is 0.366.